The zero-order chi connectivity index (χ0) is 15.4. The van der Waals surface area contributed by atoms with Gasteiger partial charge in [0.05, 0.1) is 10.7 Å². The molecular formula is C15H15Cl2N3O. The summed E-state index contributed by atoms with van der Waals surface area (Å²) in [5, 5.41) is 6.28. The average Bonchev–Trinajstić information content (AvgIpc) is 2.42. The molecule has 0 aromatic heterocycles. The summed E-state index contributed by atoms with van der Waals surface area (Å²) in [5.41, 5.74) is 7.90. The van der Waals surface area contributed by atoms with E-state index >= 15 is 0 Å². The van der Waals surface area contributed by atoms with E-state index in [1.165, 1.54) is 0 Å². The number of nitrogens with two attached hydrogens (primary N) is 1. The lowest BCUT2D eigenvalue weighted by Crippen LogP contribution is -2.19. The Morgan fingerprint density at radius 1 is 1.14 bits per heavy atom. The third-order valence-corrected chi connectivity index (χ3v) is 3.40. The van der Waals surface area contributed by atoms with Gasteiger partial charge in [0.1, 0.15) is 0 Å². The molecule has 0 aliphatic heterocycles. The van der Waals surface area contributed by atoms with Gasteiger partial charge in [0, 0.05) is 16.8 Å². The molecule has 0 heterocycles. The summed E-state index contributed by atoms with van der Waals surface area (Å²) in [6.45, 7) is 1.88. The number of benzene rings is 2. The molecule has 0 aliphatic carbocycles. The Morgan fingerprint density at radius 2 is 1.90 bits per heavy atom. The van der Waals surface area contributed by atoms with E-state index in [1.54, 1.807) is 24.3 Å². The second-order valence-electron chi connectivity index (χ2n) is 4.62. The third-order valence-electron chi connectivity index (χ3n) is 2.85. The molecule has 1 atom stereocenters. The number of hydrogen-bond donors (Lipinski definition) is 3. The molecule has 0 fully saturated rings. The van der Waals surface area contributed by atoms with E-state index < -0.39 is 0 Å². The molecule has 0 bridgehead atoms. The molecule has 21 heavy (non-hydrogen) atoms. The normalized spacial score (nSPS) is 11.8. The van der Waals surface area contributed by atoms with Crippen molar-refractivity contribution in [2.75, 3.05) is 10.6 Å². The van der Waals surface area contributed by atoms with Crippen molar-refractivity contribution in [2.45, 2.75) is 13.0 Å². The smallest absolute Gasteiger partial charge is 0.323 e. The third kappa shape index (κ3) is 4.36. The van der Waals surface area contributed by atoms with Gasteiger partial charge in [-0.3, -0.25) is 0 Å². The monoisotopic (exact) mass is 323 g/mol. The first-order valence-electron chi connectivity index (χ1n) is 6.34. The van der Waals surface area contributed by atoms with Crippen LogP contribution in [0.15, 0.2) is 42.5 Å². The van der Waals surface area contributed by atoms with Crippen LogP contribution >= 0.6 is 23.2 Å². The van der Waals surface area contributed by atoms with Crippen molar-refractivity contribution in [3.05, 3.63) is 58.1 Å². The van der Waals surface area contributed by atoms with Gasteiger partial charge in [0.25, 0.3) is 0 Å². The predicted molar refractivity (Wildman–Crippen MR) is 88.1 cm³/mol. The minimum atomic E-state index is -0.388. The summed E-state index contributed by atoms with van der Waals surface area (Å²) >= 11 is 11.8. The fraction of sp³-hybridized carbons (Fsp3) is 0.133. The molecule has 1 unspecified atom stereocenters. The minimum absolute atomic E-state index is 0.0967. The fourth-order valence-electron chi connectivity index (χ4n) is 1.78. The molecule has 0 radical (unpaired) electrons. The molecule has 0 aliphatic rings. The molecule has 2 aromatic rings. The molecule has 110 valence electrons. The van der Waals surface area contributed by atoms with Crippen LogP contribution in [0.5, 0.6) is 0 Å². The van der Waals surface area contributed by atoms with Crippen LogP contribution < -0.4 is 16.4 Å². The molecular weight excluding hydrogens is 309 g/mol. The highest BCUT2D eigenvalue weighted by molar-refractivity contribution is 6.36. The number of hydrogen-bond acceptors (Lipinski definition) is 2. The molecule has 0 saturated heterocycles. The lowest BCUT2D eigenvalue weighted by atomic mass is 10.1. The van der Waals surface area contributed by atoms with Crippen LogP contribution in [0.2, 0.25) is 10.0 Å². The van der Waals surface area contributed by atoms with E-state index in [4.69, 9.17) is 28.9 Å². The summed E-state index contributed by atoms with van der Waals surface area (Å²) < 4.78 is 0. The zero-order valence-electron chi connectivity index (χ0n) is 11.4. The second kappa shape index (κ2) is 6.80. The molecule has 0 saturated carbocycles. The Hall–Kier alpha value is -1.75. The molecule has 2 aromatic carbocycles. The Morgan fingerprint density at radius 3 is 2.57 bits per heavy atom. The van der Waals surface area contributed by atoms with Gasteiger partial charge in [0.15, 0.2) is 0 Å². The highest BCUT2D eigenvalue weighted by Gasteiger charge is 2.07. The van der Waals surface area contributed by atoms with Gasteiger partial charge in [-0.2, -0.15) is 0 Å². The number of urea groups is 1. The molecule has 0 spiro atoms. The Labute approximate surface area is 133 Å². The summed E-state index contributed by atoms with van der Waals surface area (Å²) in [5.74, 6) is 0. The summed E-state index contributed by atoms with van der Waals surface area (Å²) in [7, 11) is 0. The molecule has 2 amide bonds. The van der Waals surface area contributed by atoms with Crippen LogP contribution in [0.1, 0.15) is 18.5 Å². The van der Waals surface area contributed by atoms with Crippen molar-refractivity contribution in [1.82, 2.24) is 0 Å². The zero-order valence-corrected chi connectivity index (χ0v) is 12.9. The minimum Gasteiger partial charge on any atom is -0.324 e. The topological polar surface area (TPSA) is 67.1 Å². The second-order valence-corrected chi connectivity index (χ2v) is 5.46. The van der Waals surface area contributed by atoms with E-state index in [0.717, 1.165) is 5.56 Å². The van der Waals surface area contributed by atoms with Crippen LogP contribution in [0.4, 0.5) is 16.2 Å². The first-order valence-corrected chi connectivity index (χ1v) is 7.10. The van der Waals surface area contributed by atoms with Crippen LogP contribution in [-0.4, -0.2) is 6.03 Å². The van der Waals surface area contributed by atoms with Gasteiger partial charge in [-0.1, -0.05) is 35.3 Å². The van der Waals surface area contributed by atoms with Gasteiger partial charge in [-0.25, -0.2) is 4.79 Å². The van der Waals surface area contributed by atoms with E-state index in [-0.39, 0.29) is 12.1 Å². The first kappa shape index (κ1) is 15.6. The summed E-state index contributed by atoms with van der Waals surface area (Å²) in [6, 6.07) is 11.7. The lowest BCUT2D eigenvalue weighted by molar-refractivity contribution is 0.262. The van der Waals surface area contributed by atoms with Crippen LogP contribution in [0, 0.1) is 0 Å². The molecule has 2 rings (SSSR count). The van der Waals surface area contributed by atoms with Gasteiger partial charge in [-0.15, -0.1) is 0 Å². The SMILES string of the molecule is CC(N)c1cccc(NC(=O)Nc2ccc(Cl)cc2Cl)c1. The van der Waals surface area contributed by atoms with Crippen molar-refractivity contribution in [2.24, 2.45) is 5.73 Å². The molecule has 6 heteroatoms. The average molecular weight is 324 g/mol. The standard InChI is InChI=1S/C15H15Cl2N3O/c1-9(18)10-3-2-4-12(7-10)19-15(21)20-14-6-5-11(16)8-13(14)17/h2-9H,18H2,1H3,(H2,19,20,21). The van der Waals surface area contributed by atoms with E-state index in [0.29, 0.717) is 21.4 Å². The van der Waals surface area contributed by atoms with Gasteiger partial charge in [0.2, 0.25) is 0 Å². The highest BCUT2D eigenvalue weighted by Crippen LogP contribution is 2.25. The van der Waals surface area contributed by atoms with Crippen molar-refractivity contribution in [3.8, 4) is 0 Å². The van der Waals surface area contributed by atoms with Crippen LogP contribution in [-0.2, 0) is 0 Å². The van der Waals surface area contributed by atoms with Crippen LogP contribution in [0.25, 0.3) is 0 Å². The molecule has 4 N–H and O–H groups in total. The van der Waals surface area contributed by atoms with E-state index in [2.05, 4.69) is 10.6 Å². The van der Waals surface area contributed by atoms with E-state index in [9.17, 15) is 4.79 Å². The fourth-order valence-corrected chi connectivity index (χ4v) is 2.23. The largest absolute Gasteiger partial charge is 0.324 e. The maximum Gasteiger partial charge on any atom is 0.323 e. The maximum atomic E-state index is 12.0. The number of carbonyl (C=O) groups excluding carboxylic acids is 1. The Bertz CT molecular complexity index is 659. The lowest BCUT2D eigenvalue weighted by Gasteiger charge is -2.11. The number of halogens is 2. The molecule has 4 nitrogen and oxygen atoms in total. The summed E-state index contributed by atoms with van der Waals surface area (Å²) in [4.78, 5) is 12.0. The van der Waals surface area contributed by atoms with Crippen molar-refractivity contribution in [3.63, 3.8) is 0 Å². The number of amides is 2. The van der Waals surface area contributed by atoms with Gasteiger partial charge in [-0.05, 0) is 42.8 Å². The van der Waals surface area contributed by atoms with Crippen molar-refractivity contribution >= 4 is 40.6 Å². The quantitative estimate of drug-likeness (QED) is 0.769. The van der Waals surface area contributed by atoms with Crippen molar-refractivity contribution < 1.29 is 4.79 Å². The van der Waals surface area contributed by atoms with E-state index in [1.807, 2.05) is 25.1 Å². The highest BCUT2D eigenvalue weighted by atomic mass is 35.5. The summed E-state index contributed by atoms with van der Waals surface area (Å²) in [6.07, 6.45) is 0. The van der Waals surface area contributed by atoms with Crippen molar-refractivity contribution in [1.29, 1.82) is 0 Å². The van der Waals surface area contributed by atoms with Gasteiger partial charge < -0.3 is 16.4 Å². The Balaban J connectivity index is 2.06. The number of nitrogens with one attached hydrogen (secondary N) is 2. The number of carbonyl (C=O) groups is 1. The number of anilines is 2. The van der Waals surface area contributed by atoms with Gasteiger partial charge >= 0.3 is 6.03 Å². The van der Waals surface area contributed by atoms with Crippen LogP contribution in [0.3, 0.4) is 0 Å². The number of rotatable bonds is 3. The first-order chi connectivity index (χ1) is 9.95. The Kier molecular flexibility index (Phi) is 5.07. The maximum absolute atomic E-state index is 12.0. The predicted octanol–water partition coefficient (Wildman–Crippen LogP) is 4.66.